The lowest BCUT2D eigenvalue weighted by molar-refractivity contribution is -0.151. The molecule has 0 radical (unpaired) electrons. The van der Waals surface area contributed by atoms with Gasteiger partial charge < -0.3 is 47.4 Å². The molecule has 0 amide bonds. The van der Waals surface area contributed by atoms with E-state index >= 15 is 0 Å². The maximum absolute atomic E-state index is 11.2. The minimum atomic E-state index is -0.298. The third-order valence-electron chi connectivity index (χ3n) is 12.8. The van der Waals surface area contributed by atoms with Crippen molar-refractivity contribution in [2.24, 2.45) is 47.3 Å². The summed E-state index contributed by atoms with van der Waals surface area (Å²) in [6.07, 6.45) is 17.7. The fourth-order valence-corrected chi connectivity index (χ4v) is 8.37. The van der Waals surface area contributed by atoms with Crippen molar-refractivity contribution < 1.29 is 95.3 Å². The Morgan fingerprint density at radius 2 is 0.529 bits per heavy atom. The third-order valence-corrected chi connectivity index (χ3v) is 12.8. The van der Waals surface area contributed by atoms with Crippen LogP contribution in [0.3, 0.4) is 0 Å². The van der Waals surface area contributed by atoms with Gasteiger partial charge >= 0.3 is 59.7 Å². The summed E-state index contributed by atoms with van der Waals surface area (Å²) in [7, 11) is 13.8. The van der Waals surface area contributed by atoms with Crippen LogP contribution in [0, 0.1) is 47.3 Å². The van der Waals surface area contributed by atoms with Gasteiger partial charge in [-0.05, 0) is 103 Å². The molecule has 0 aromatic heterocycles. The molecule has 0 aliphatic heterocycles. The van der Waals surface area contributed by atoms with Crippen molar-refractivity contribution in [3.63, 3.8) is 0 Å². The highest BCUT2D eigenvalue weighted by atomic mass is 16.6. The molecule has 2 fully saturated rings. The van der Waals surface area contributed by atoms with Crippen LogP contribution in [0.15, 0.2) is 35.5 Å². The molecule has 0 aromatic carbocycles. The summed E-state index contributed by atoms with van der Waals surface area (Å²) in [5.74, 6) is -2.86. The molecule has 0 spiro atoms. The summed E-state index contributed by atoms with van der Waals surface area (Å²) >= 11 is 0. The monoisotopic (exact) mass is 994 g/mol. The van der Waals surface area contributed by atoms with Gasteiger partial charge in [0, 0.05) is 11.1 Å². The SMILES string of the molecule is COC(=O)C1=CCC(C(=O)OC)CC1.COC(=O)C1=CCC(C(=O)OC)CC1.COC(=O)C1C=CC(C(=O)OC)CC1.COC(=O)C1CCC(C(=O)OC)CC1.COC(=O)C1CCC(C(=O)OC)CC1. The lowest BCUT2D eigenvalue weighted by Crippen LogP contribution is -2.27. The van der Waals surface area contributed by atoms with E-state index in [0.717, 1.165) is 51.4 Å². The molecule has 394 valence electrons. The Kier molecular flexibility index (Phi) is 30.3. The van der Waals surface area contributed by atoms with E-state index in [1.807, 2.05) is 0 Å². The molecule has 5 aliphatic rings. The van der Waals surface area contributed by atoms with Crippen LogP contribution < -0.4 is 0 Å². The van der Waals surface area contributed by atoms with Crippen molar-refractivity contribution in [1.82, 2.24) is 0 Å². The fraction of sp³-hybridized carbons (Fsp3) is 0.680. The largest absolute Gasteiger partial charge is 0.469 e. The van der Waals surface area contributed by atoms with Crippen LogP contribution in [-0.2, 0) is 95.3 Å². The molecule has 0 bridgehead atoms. The molecule has 0 saturated heterocycles. The first-order valence-electron chi connectivity index (χ1n) is 23.3. The molecule has 70 heavy (non-hydrogen) atoms. The van der Waals surface area contributed by atoms with Crippen molar-refractivity contribution >= 4 is 59.7 Å². The van der Waals surface area contributed by atoms with E-state index in [1.54, 1.807) is 24.3 Å². The first kappa shape index (κ1) is 61.9. The molecular weight excluding hydrogens is 921 g/mol. The second-order valence-electron chi connectivity index (χ2n) is 16.8. The first-order chi connectivity index (χ1) is 33.4. The maximum Gasteiger partial charge on any atom is 0.333 e. The van der Waals surface area contributed by atoms with Crippen molar-refractivity contribution in [3.05, 3.63) is 35.5 Å². The zero-order valence-corrected chi connectivity index (χ0v) is 42.4. The number of carbonyl (C=O) groups is 10. The van der Waals surface area contributed by atoms with Crippen molar-refractivity contribution in [2.45, 2.75) is 103 Å². The molecule has 4 unspecified atom stereocenters. The predicted octanol–water partition coefficient (Wildman–Crippen LogP) is 5.31. The number of carbonyl (C=O) groups excluding carboxylic acids is 10. The molecule has 5 aliphatic carbocycles. The van der Waals surface area contributed by atoms with E-state index in [9.17, 15) is 47.9 Å². The summed E-state index contributed by atoms with van der Waals surface area (Å²) in [6, 6.07) is 0. The standard InChI is InChI=1S/2C10H16O4.3C10H14O4/c5*1-13-9(11)7-3-5-8(6-4-7)10(12)14-2/h2*7-8H,3-6H2,1-2H3;2*3,8H,4-6H2,1-2H3;3,5,7-8H,4,6H2,1-2H3. The van der Waals surface area contributed by atoms with Crippen molar-refractivity contribution in [1.29, 1.82) is 0 Å². The molecule has 0 heterocycles. The van der Waals surface area contributed by atoms with Crippen LogP contribution in [0.1, 0.15) is 103 Å². The van der Waals surface area contributed by atoms with Gasteiger partial charge in [0.05, 0.1) is 118 Å². The number of hydrogen-bond acceptors (Lipinski definition) is 20. The highest BCUT2D eigenvalue weighted by molar-refractivity contribution is 5.89. The van der Waals surface area contributed by atoms with Crippen LogP contribution in [0.25, 0.3) is 0 Å². The normalized spacial score (nSPS) is 24.2. The van der Waals surface area contributed by atoms with Gasteiger partial charge in [-0.25, -0.2) is 9.59 Å². The lowest BCUT2D eigenvalue weighted by atomic mass is 9.82. The van der Waals surface area contributed by atoms with Gasteiger partial charge in [-0.15, -0.1) is 0 Å². The highest BCUT2D eigenvalue weighted by Crippen LogP contribution is 2.32. The number of methoxy groups -OCH3 is 10. The van der Waals surface area contributed by atoms with Gasteiger partial charge in [-0.3, -0.25) is 38.4 Å². The Bertz CT molecular complexity index is 1650. The van der Waals surface area contributed by atoms with E-state index < -0.39 is 0 Å². The van der Waals surface area contributed by atoms with E-state index in [2.05, 4.69) is 47.4 Å². The quantitative estimate of drug-likeness (QED) is 0.152. The fourth-order valence-electron chi connectivity index (χ4n) is 8.37. The molecule has 0 N–H and O–H groups in total. The van der Waals surface area contributed by atoms with Crippen LogP contribution >= 0.6 is 0 Å². The Hall–Kier alpha value is -6.08. The number of esters is 10. The van der Waals surface area contributed by atoms with Gasteiger partial charge in [0.15, 0.2) is 0 Å². The second-order valence-corrected chi connectivity index (χ2v) is 16.8. The average molecular weight is 995 g/mol. The minimum absolute atomic E-state index is 0.0269. The highest BCUT2D eigenvalue weighted by Gasteiger charge is 2.33. The third kappa shape index (κ3) is 21.3. The summed E-state index contributed by atoms with van der Waals surface area (Å²) in [6.45, 7) is 0. The lowest BCUT2D eigenvalue weighted by Gasteiger charge is -2.24. The predicted molar refractivity (Wildman–Crippen MR) is 247 cm³/mol. The Morgan fingerprint density at radius 3 is 0.700 bits per heavy atom. The Morgan fingerprint density at radius 1 is 0.300 bits per heavy atom. The van der Waals surface area contributed by atoms with Gasteiger partial charge in [-0.2, -0.15) is 0 Å². The summed E-state index contributed by atoms with van der Waals surface area (Å²) in [5.41, 5.74) is 1.32. The van der Waals surface area contributed by atoms with Crippen LogP contribution in [0.5, 0.6) is 0 Å². The number of rotatable bonds is 10. The van der Waals surface area contributed by atoms with Gasteiger partial charge in [0.1, 0.15) is 0 Å². The summed E-state index contributed by atoms with van der Waals surface area (Å²) < 4.78 is 46.3. The molecule has 4 atom stereocenters. The molecule has 20 nitrogen and oxygen atoms in total. The van der Waals surface area contributed by atoms with E-state index in [4.69, 9.17) is 0 Å². The van der Waals surface area contributed by atoms with E-state index in [0.29, 0.717) is 62.5 Å². The smallest absolute Gasteiger partial charge is 0.333 e. The van der Waals surface area contributed by atoms with Gasteiger partial charge in [0.2, 0.25) is 0 Å². The summed E-state index contributed by atoms with van der Waals surface area (Å²) in [4.78, 5) is 111. The van der Waals surface area contributed by atoms with E-state index in [1.165, 1.54) is 71.1 Å². The molecular formula is C50H74O20. The zero-order valence-electron chi connectivity index (χ0n) is 42.4. The maximum atomic E-state index is 11.2. The molecule has 2 saturated carbocycles. The molecule has 0 aromatic rings. The topological polar surface area (TPSA) is 263 Å². The van der Waals surface area contributed by atoms with E-state index in [-0.39, 0.29) is 107 Å². The minimum Gasteiger partial charge on any atom is -0.469 e. The number of hydrogen-bond donors (Lipinski definition) is 0. The molecule has 5 rings (SSSR count). The van der Waals surface area contributed by atoms with Crippen LogP contribution in [0.4, 0.5) is 0 Å². The number of allylic oxidation sites excluding steroid dienone is 2. The van der Waals surface area contributed by atoms with Gasteiger partial charge in [0.25, 0.3) is 0 Å². The average Bonchev–Trinajstić information content (AvgIpc) is 3.43. The second kappa shape index (κ2) is 34.3. The Balaban J connectivity index is 0.000000437. The van der Waals surface area contributed by atoms with Crippen molar-refractivity contribution in [2.75, 3.05) is 71.1 Å². The number of ether oxygens (including phenoxy) is 10. The van der Waals surface area contributed by atoms with Gasteiger partial charge in [-0.1, -0.05) is 24.3 Å². The summed E-state index contributed by atoms with van der Waals surface area (Å²) in [5, 5.41) is 0. The first-order valence-corrected chi connectivity index (χ1v) is 23.3. The Labute approximate surface area is 410 Å². The van der Waals surface area contributed by atoms with Crippen molar-refractivity contribution in [3.8, 4) is 0 Å². The van der Waals surface area contributed by atoms with Crippen LogP contribution in [-0.4, -0.2) is 131 Å². The van der Waals surface area contributed by atoms with Crippen LogP contribution in [0.2, 0.25) is 0 Å². The molecule has 20 heteroatoms. The zero-order chi connectivity index (χ0) is 52.8.